The fraction of sp³-hybridized carbons (Fsp3) is 0.143. The lowest BCUT2D eigenvalue weighted by atomic mass is 10.1. The number of carbonyl (C=O) groups excluding carboxylic acids is 1. The third-order valence-corrected chi connectivity index (χ3v) is 3.74. The zero-order valence-electron chi connectivity index (χ0n) is 10.4. The maximum Gasteiger partial charge on any atom is 0.238 e. The molecule has 0 unspecified atom stereocenters. The molecule has 1 aromatic carbocycles. The van der Waals surface area contributed by atoms with Crippen LogP contribution in [-0.4, -0.2) is 10.9 Å². The number of benzene rings is 1. The van der Waals surface area contributed by atoms with Crippen molar-refractivity contribution in [1.82, 2.24) is 10.4 Å². The Morgan fingerprint density at radius 1 is 1.16 bits per heavy atom. The van der Waals surface area contributed by atoms with Crippen LogP contribution in [0.25, 0.3) is 0 Å². The first-order valence-corrected chi connectivity index (χ1v) is 6.87. The molecule has 3 N–H and O–H groups in total. The molecule has 0 spiro atoms. The lowest BCUT2D eigenvalue weighted by Gasteiger charge is -2.08. The molecule has 0 bridgehead atoms. The summed E-state index contributed by atoms with van der Waals surface area (Å²) in [4.78, 5) is 16.5. The van der Waals surface area contributed by atoms with E-state index in [2.05, 4.69) is 10.4 Å². The molecule has 0 aliphatic rings. The first-order valence-electron chi connectivity index (χ1n) is 5.88. The lowest BCUT2D eigenvalue weighted by molar-refractivity contribution is -0.120. The second-order valence-corrected chi connectivity index (χ2v) is 5.03. The molecule has 1 heterocycles. The van der Waals surface area contributed by atoms with E-state index in [0.717, 1.165) is 21.8 Å². The number of rotatable bonds is 5. The van der Waals surface area contributed by atoms with Gasteiger partial charge in [-0.2, -0.15) is 0 Å². The number of nitrogens with one attached hydrogen (secondary N) is 1. The van der Waals surface area contributed by atoms with Crippen molar-refractivity contribution in [2.75, 3.05) is 0 Å². The summed E-state index contributed by atoms with van der Waals surface area (Å²) >= 11 is 1.72. The zero-order valence-corrected chi connectivity index (χ0v) is 11.2. The molecule has 2 aromatic rings. The Labute approximate surface area is 116 Å². The molecule has 19 heavy (non-hydrogen) atoms. The van der Waals surface area contributed by atoms with Gasteiger partial charge in [0.1, 0.15) is 0 Å². The standard InChI is InChI=1S/C14H15N3OS/c15-17-14(18)9-11-3-1-2-4-12(11)10-19-13-5-7-16-8-6-13/h1-8H,9-10,15H2,(H,17,18). The Hall–Kier alpha value is -1.85. The van der Waals surface area contributed by atoms with Crippen LogP contribution in [-0.2, 0) is 17.0 Å². The minimum Gasteiger partial charge on any atom is -0.294 e. The minimum absolute atomic E-state index is 0.179. The van der Waals surface area contributed by atoms with Gasteiger partial charge in [0.15, 0.2) is 0 Å². The number of amides is 1. The maximum absolute atomic E-state index is 11.4. The van der Waals surface area contributed by atoms with Gasteiger partial charge in [0.25, 0.3) is 0 Å². The maximum atomic E-state index is 11.4. The summed E-state index contributed by atoms with van der Waals surface area (Å²) in [5.41, 5.74) is 4.31. The van der Waals surface area contributed by atoms with Crippen molar-refractivity contribution in [2.24, 2.45) is 5.84 Å². The number of hydrogen-bond acceptors (Lipinski definition) is 4. The fourth-order valence-corrected chi connectivity index (χ4v) is 2.61. The lowest BCUT2D eigenvalue weighted by Crippen LogP contribution is -2.31. The number of nitrogens with two attached hydrogens (primary N) is 1. The molecule has 0 saturated heterocycles. The third kappa shape index (κ3) is 4.08. The Morgan fingerprint density at radius 3 is 2.53 bits per heavy atom. The smallest absolute Gasteiger partial charge is 0.238 e. The molecule has 0 fully saturated rings. The SMILES string of the molecule is NNC(=O)Cc1ccccc1CSc1ccncc1. The molecule has 0 aliphatic carbocycles. The fourth-order valence-electron chi connectivity index (χ4n) is 1.69. The van der Waals surface area contributed by atoms with E-state index in [4.69, 9.17) is 5.84 Å². The summed E-state index contributed by atoms with van der Waals surface area (Å²) in [6, 6.07) is 11.8. The highest BCUT2D eigenvalue weighted by atomic mass is 32.2. The van der Waals surface area contributed by atoms with Crippen molar-refractivity contribution >= 4 is 17.7 Å². The molecule has 0 aliphatic heterocycles. The first-order chi connectivity index (χ1) is 9.29. The number of pyridine rings is 1. The van der Waals surface area contributed by atoms with E-state index in [1.54, 1.807) is 24.2 Å². The average molecular weight is 273 g/mol. The normalized spacial score (nSPS) is 10.2. The molecular formula is C14H15N3OS. The molecule has 5 heteroatoms. The summed E-state index contributed by atoms with van der Waals surface area (Å²) in [5, 5.41) is 0. The van der Waals surface area contributed by atoms with Crippen molar-refractivity contribution in [1.29, 1.82) is 0 Å². The average Bonchev–Trinajstić information content (AvgIpc) is 2.47. The molecule has 1 aromatic heterocycles. The molecular weight excluding hydrogens is 258 g/mol. The van der Waals surface area contributed by atoms with Crippen LogP contribution in [0.4, 0.5) is 0 Å². The van der Waals surface area contributed by atoms with E-state index >= 15 is 0 Å². The quantitative estimate of drug-likeness (QED) is 0.378. The first kappa shape index (κ1) is 13.6. The predicted octanol–water partition coefficient (Wildman–Crippen LogP) is 1.91. The molecule has 4 nitrogen and oxygen atoms in total. The van der Waals surface area contributed by atoms with Crippen LogP contribution in [0.3, 0.4) is 0 Å². The molecule has 0 saturated carbocycles. The van der Waals surface area contributed by atoms with Crippen LogP contribution in [0, 0.1) is 0 Å². The van der Waals surface area contributed by atoms with Crippen LogP contribution < -0.4 is 11.3 Å². The van der Waals surface area contributed by atoms with Crippen LogP contribution in [0.15, 0.2) is 53.7 Å². The van der Waals surface area contributed by atoms with Crippen LogP contribution in [0.5, 0.6) is 0 Å². The van der Waals surface area contributed by atoms with E-state index in [-0.39, 0.29) is 5.91 Å². The Kier molecular flexibility index (Phi) is 4.94. The number of carbonyl (C=O) groups is 1. The van der Waals surface area contributed by atoms with Crippen molar-refractivity contribution in [3.8, 4) is 0 Å². The Morgan fingerprint density at radius 2 is 1.84 bits per heavy atom. The van der Waals surface area contributed by atoms with E-state index in [0.29, 0.717) is 6.42 Å². The van der Waals surface area contributed by atoms with Gasteiger partial charge >= 0.3 is 0 Å². The second kappa shape index (κ2) is 6.92. The third-order valence-electron chi connectivity index (χ3n) is 2.67. The summed E-state index contributed by atoms with van der Waals surface area (Å²) < 4.78 is 0. The monoisotopic (exact) mass is 273 g/mol. The number of aromatic nitrogens is 1. The highest BCUT2D eigenvalue weighted by molar-refractivity contribution is 7.98. The van der Waals surface area contributed by atoms with Gasteiger partial charge in [-0.05, 0) is 23.3 Å². The number of thioether (sulfide) groups is 1. The number of hydrogen-bond donors (Lipinski definition) is 2. The minimum atomic E-state index is -0.179. The predicted molar refractivity (Wildman–Crippen MR) is 76.3 cm³/mol. The zero-order chi connectivity index (χ0) is 13.5. The van der Waals surface area contributed by atoms with Gasteiger partial charge in [-0.3, -0.25) is 15.2 Å². The largest absolute Gasteiger partial charge is 0.294 e. The second-order valence-electron chi connectivity index (χ2n) is 3.98. The van der Waals surface area contributed by atoms with E-state index in [1.165, 1.54) is 0 Å². The van der Waals surface area contributed by atoms with Gasteiger partial charge in [0, 0.05) is 23.0 Å². The molecule has 0 radical (unpaired) electrons. The summed E-state index contributed by atoms with van der Waals surface area (Å²) in [5.74, 6) is 5.76. The molecule has 98 valence electrons. The highest BCUT2D eigenvalue weighted by Gasteiger charge is 2.06. The summed E-state index contributed by atoms with van der Waals surface area (Å²) in [6.45, 7) is 0. The Balaban J connectivity index is 2.05. The topological polar surface area (TPSA) is 68.0 Å². The van der Waals surface area contributed by atoms with Crippen molar-refractivity contribution in [2.45, 2.75) is 17.1 Å². The van der Waals surface area contributed by atoms with Crippen molar-refractivity contribution in [3.63, 3.8) is 0 Å². The molecule has 0 atom stereocenters. The number of hydrazine groups is 1. The van der Waals surface area contributed by atoms with Crippen molar-refractivity contribution < 1.29 is 4.79 Å². The number of nitrogens with zero attached hydrogens (tertiary/aromatic N) is 1. The van der Waals surface area contributed by atoms with Gasteiger partial charge in [-0.1, -0.05) is 24.3 Å². The van der Waals surface area contributed by atoms with Crippen molar-refractivity contribution in [3.05, 3.63) is 59.9 Å². The Bertz CT molecular complexity index is 545. The van der Waals surface area contributed by atoms with Gasteiger partial charge in [-0.25, -0.2) is 5.84 Å². The highest BCUT2D eigenvalue weighted by Crippen LogP contribution is 2.23. The van der Waals surface area contributed by atoms with Gasteiger partial charge in [-0.15, -0.1) is 11.8 Å². The van der Waals surface area contributed by atoms with Gasteiger partial charge in [0.05, 0.1) is 6.42 Å². The summed E-state index contributed by atoms with van der Waals surface area (Å²) in [7, 11) is 0. The van der Waals surface area contributed by atoms with E-state index in [9.17, 15) is 4.79 Å². The van der Waals surface area contributed by atoms with Crippen LogP contribution >= 0.6 is 11.8 Å². The van der Waals surface area contributed by atoms with Gasteiger partial charge < -0.3 is 0 Å². The van der Waals surface area contributed by atoms with E-state index < -0.39 is 0 Å². The van der Waals surface area contributed by atoms with Crippen LogP contribution in [0.1, 0.15) is 11.1 Å². The van der Waals surface area contributed by atoms with Crippen LogP contribution in [0.2, 0.25) is 0 Å². The molecule has 2 rings (SSSR count). The molecule has 1 amide bonds. The van der Waals surface area contributed by atoms with Gasteiger partial charge in [0.2, 0.25) is 5.91 Å². The summed E-state index contributed by atoms with van der Waals surface area (Å²) in [6.07, 6.45) is 3.86. The van der Waals surface area contributed by atoms with E-state index in [1.807, 2.05) is 36.4 Å².